The quantitative estimate of drug-likeness (QED) is 0.645. The smallest absolute Gasteiger partial charge is 0.225 e. The molecule has 0 spiro atoms. The summed E-state index contributed by atoms with van der Waals surface area (Å²) >= 11 is 0. The molecule has 0 aromatic rings. The molecule has 0 radical (unpaired) electrons. The summed E-state index contributed by atoms with van der Waals surface area (Å²) in [6, 6.07) is 0.295. The van der Waals surface area contributed by atoms with Crippen molar-refractivity contribution in [3.8, 4) is 0 Å². The van der Waals surface area contributed by atoms with Crippen molar-refractivity contribution >= 4 is 5.91 Å². The molecule has 2 fully saturated rings. The summed E-state index contributed by atoms with van der Waals surface area (Å²) in [5, 5.41) is 0. The van der Waals surface area contributed by atoms with Crippen LogP contribution in [-0.4, -0.2) is 29.9 Å². The molecule has 0 unspecified atom stereocenters. The van der Waals surface area contributed by atoms with Gasteiger partial charge in [0.2, 0.25) is 5.91 Å². The van der Waals surface area contributed by atoms with Crippen molar-refractivity contribution in [1.29, 1.82) is 0 Å². The van der Waals surface area contributed by atoms with Crippen LogP contribution >= 0.6 is 0 Å². The van der Waals surface area contributed by atoms with Crippen molar-refractivity contribution in [1.82, 2.24) is 4.90 Å². The highest BCUT2D eigenvalue weighted by molar-refractivity contribution is 5.81. The summed E-state index contributed by atoms with van der Waals surface area (Å²) in [5.41, 5.74) is 5.89. The van der Waals surface area contributed by atoms with E-state index in [9.17, 15) is 4.79 Å². The Morgan fingerprint density at radius 1 is 1.38 bits per heavy atom. The first-order valence-electron chi connectivity index (χ1n) is 5.23. The highest BCUT2D eigenvalue weighted by atomic mass is 16.2. The number of likely N-dealkylation sites (tertiary alicyclic amines) is 1. The summed E-state index contributed by atoms with van der Waals surface area (Å²) < 4.78 is 0. The number of amides is 1. The Morgan fingerprint density at radius 3 is 2.62 bits per heavy atom. The number of nitrogens with zero attached hydrogens (tertiary/aromatic N) is 1. The van der Waals surface area contributed by atoms with E-state index in [2.05, 4.69) is 6.92 Å². The molecule has 0 aromatic heterocycles. The largest absolute Gasteiger partial charge is 0.342 e. The Kier molecular flexibility index (Phi) is 2.28. The molecule has 0 bridgehead atoms. The van der Waals surface area contributed by atoms with Gasteiger partial charge < -0.3 is 10.6 Å². The minimum Gasteiger partial charge on any atom is -0.342 e. The fraction of sp³-hybridized carbons (Fsp3) is 0.900. The van der Waals surface area contributed by atoms with Crippen molar-refractivity contribution in [2.75, 3.05) is 13.1 Å². The topological polar surface area (TPSA) is 46.3 Å². The zero-order chi connectivity index (χ0) is 9.42. The third-order valence-electron chi connectivity index (χ3n) is 3.21. The molecular formula is C10H18N2O. The van der Waals surface area contributed by atoms with E-state index in [1.807, 2.05) is 4.90 Å². The fourth-order valence-electron chi connectivity index (χ4n) is 1.95. The standard InChI is InChI=1S/C10H18N2O/c1-7-6-12(5-4-9(7)11)10(13)8-2-3-8/h7-9H,2-6,11H2,1H3/t7-,9+/m1/s1. The lowest BCUT2D eigenvalue weighted by Gasteiger charge is -2.35. The SMILES string of the molecule is C[C@@H]1CN(C(=O)C2CC2)CC[C@@H]1N. The number of rotatable bonds is 1. The van der Waals surface area contributed by atoms with E-state index in [1.165, 1.54) is 0 Å². The molecule has 0 aromatic carbocycles. The van der Waals surface area contributed by atoms with E-state index >= 15 is 0 Å². The van der Waals surface area contributed by atoms with E-state index in [0.29, 0.717) is 23.8 Å². The van der Waals surface area contributed by atoms with Crippen LogP contribution in [0.5, 0.6) is 0 Å². The van der Waals surface area contributed by atoms with Gasteiger partial charge in [-0.3, -0.25) is 4.79 Å². The molecule has 2 aliphatic rings. The predicted octanol–water partition coefficient (Wildman–Crippen LogP) is 0.592. The molecule has 74 valence electrons. The molecule has 13 heavy (non-hydrogen) atoms. The first kappa shape index (κ1) is 9.00. The Balaban J connectivity index is 1.90. The van der Waals surface area contributed by atoms with Crippen molar-refractivity contribution < 1.29 is 4.79 Å². The minimum atomic E-state index is 0.295. The Labute approximate surface area is 79.3 Å². The third kappa shape index (κ3) is 1.85. The maximum Gasteiger partial charge on any atom is 0.225 e. The number of hydrogen-bond donors (Lipinski definition) is 1. The second-order valence-electron chi connectivity index (χ2n) is 4.49. The van der Waals surface area contributed by atoms with E-state index in [-0.39, 0.29) is 0 Å². The molecule has 1 aliphatic heterocycles. The van der Waals surface area contributed by atoms with Gasteiger partial charge in [-0.05, 0) is 25.2 Å². The van der Waals surface area contributed by atoms with Crippen LogP contribution < -0.4 is 5.73 Å². The fourth-order valence-corrected chi connectivity index (χ4v) is 1.95. The average molecular weight is 182 g/mol. The van der Waals surface area contributed by atoms with Gasteiger partial charge in [-0.15, -0.1) is 0 Å². The highest BCUT2D eigenvalue weighted by Gasteiger charge is 2.35. The molecule has 2 N–H and O–H groups in total. The van der Waals surface area contributed by atoms with Crippen LogP contribution in [0.1, 0.15) is 26.2 Å². The van der Waals surface area contributed by atoms with Gasteiger partial charge in [0.1, 0.15) is 0 Å². The first-order valence-corrected chi connectivity index (χ1v) is 5.23. The molecule has 1 saturated carbocycles. The summed E-state index contributed by atoms with van der Waals surface area (Å²) in [6.45, 7) is 3.88. The van der Waals surface area contributed by atoms with Crippen LogP contribution in [0.2, 0.25) is 0 Å². The molecule has 1 aliphatic carbocycles. The van der Waals surface area contributed by atoms with Crippen LogP contribution in [0.15, 0.2) is 0 Å². The lowest BCUT2D eigenvalue weighted by Crippen LogP contribution is -2.48. The van der Waals surface area contributed by atoms with Crippen LogP contribution in [0.3, 0.4) is 0 Å². The molecular weight excluding hydrogens is 164 g/mol. The van der Waals surface area contributed by atoms with Gasteiger partial charge in [-0.1, -0.05) is 6.92 Å². The molecule has 2 atom stereocenters. The van der Waals surface area contributed by atoms with Crippen LogP contribution in [0, 0.1) is 11.8 Å². The first-order chi connectivity index (χ1) is 6.18. The van der Waals surface area contributed by atoms with Crippen molar-refractivity contribution in [3.05, 3.63) is 0 Å². The molecule has 3 heteroatoms. The molecule has 3 nitrogen and oxygen atoms in total. The van der Waals surface area contributed by atoms with Gasteiger partial charge in [0, 0.05) is 25.0 Å². The van der Waals surface area contributed by atoms with Gasteiger partial charge in [-0.25, -0.2) is 0 Å². The lowest BCUT2D eigenvalue weighted by molar-refractivity contribution is -0.134. The molecule has 1 heterocycles. The third-order valence-corrected chi connectivity index (χ3v) is 3.21. The van der Waals surface area contributed by atoms with Gasteiger partial charge in [0.25, 0.3) is 0 Å². The zero-order valence-corrected chi connectivity index (χ0v) is 8.20. The lowest BCUT2D eigenvalue weighted by atomic mass is 9.94. The number of carbonyl (C=O) groups is 1. The van der Waals surface area contributed by atoms with E-state index < -0.39 is 0 Å². The van der Waals surface area contributed by atoms with Crippen LogP contribution in [0.4, 0.5) is 0 Å². The monoisotopic (exact) mass is 182 g/mol. The van der Waals surface area contributed by atoms with E-state index in [0.717, 1.165) is 32.4 Å². The van der Waals surface area contributed by atoms with Gasteiger partial charge in [-0.2, -0.15) is 0 Å². The van der Waals surface area contributed by atoms with Crippen LogP contribution in [-0.2, 0) is 4.79 Å². The van der Waals surface area contributed by atoms with E-state index in [4.69, 9.17) is 5.73 Å². The highest BCUT2D eigenvalue weighted by Crippen LogP contribution is 2.32. The summed E-state index contributed by atoms with van der Waals surface area (Å²) in [6.07, 6.45) is 3.19. The Morgan fingerprint density at radius 2 is 2.08 bits per heavy atom. The number of nitrogens with two attached hydrogens (primary N) is 1. The summed E-state index contributed by atoms with van der Waals surface area (Å²) in [7, 11) is 0. The normalized spacial score (nSPS) is 34.8. The summed E-state index contributed by atoms with van der Waals surface area (Å²) in [4.78, 5) is 13.7. The number of carbonyl (C=O) groups excluding carboxylic acids is 1. The second-order valence-corrected chi connectivity index (χ2v) is 4.49. The summed E-state index contributed by atoms with van der Waals surface area (Å²) in [5.74, 6) is 1.21. The molecule has 1 amide bonds. The predicted molar refractivity (Wildman–Crippen MR) is 51.1 cm³/mol. The molecule has 1 saturated heterocycles. The van der Waals surface area contributed by atoms with Crippen molar-refractivity contribution in [2.24, 2.45) is 17.6 Å². The van der Waals surface area contributed by atoms with E-state index in [1.54, 1.807) is 0 Å². The Hall–Kier alpha value is -0.570. The average Bonchev–Trinajstić information content (AvgIpc) is 2.91. The number of piperidine rings is 1. The van der Waals surface area contributed by atoms with Crippen molar-refractivity contribution in [3.63, 3.8) is 0 Å². The minimum absolute atomic E-state index is 0.295. The second kappa shape index (κ2) is 3.29. The van der Waals surface area contributed by atoms with Gasteiger partial charge >= 0.3 is 0 Å². The maximum absolute atomic E-state index is 11.7. The zero-order valence-electron chi connectivity index (χ0n) is 8.20. The molecule has 2 rings (SSSR count). The van der Waals surface area contributed by atoms with Crippen molar-refractivity contribution in [2.45, 2.75) is 32.2 Å². The van der Waals surface area contributed by atoms with Crippen LogP contribution in [0.25, 0.3) is 0 Å². The van der Waals surface area contributed by atoms with Gasteiger partial charge in [0.05, 0.1) is 0 Å². The maximum atomic E-state index is 11.7. The Bertz CT molecular complexity index is 213. The number of hydrogen-bond acceptors (Lipinski definition) is 2. The van der Waals surface area contributed by atoms with Gasteiger partial charge in [0.15, 0.2) is 0 Å².